The van der Waals surface area contributed by atoms with Crippen LogP contribution in [0.1, 0.15) is 10.5 Å². The molecule has 1 amide bonds. The van der Waals surface area contributed by atoms with E-state index in [1.807, 2.05) is 48.7 Å². The first-order chi connectivity index (χ1) is 14.3. The number of carbonyl (C=O) groups is 1. The molecule has 2 aromatic carbocycles. The number of rotatable bonds is 0. The minimum absolute atomic E-state index is 0.169. The molecule has 1 aliphatic rings. The average Bonchev–Trinajstić information content (AvgIpc) is 3.20. The predicted octanol–water partition coefficient (Wildman–Crippen LogP) is 2.27. The van der Waals surface area contributed by atoms with Gasteiger partial charge in [0.1, 0.15) is 24.4 Å². The van der Waals surface area contributed by atoms with Crippen LogP contribution in [0.2, 0.25) is 0 Å². The van der Waals surface area contributed by atoms with Crippen LogP contribution < -0.4 is 15.3 Å². The molecule has 140 valence electrons. The first-order valence-corrected chi connectivity index (χ1v) is 9.05. The molecule has 0 saturated heterocycles. The second kappa shape index (κ2) is 7.12. The van der Waals surface area contributed by atoms with Gasteiger partial charge in [-0.25, -0.2) is 20.0 Å². The molecule has 29 heavy (non-hydrogen) atoms. The third-order valence-electron chi connectivity index (χ3n) is 4.56. The lowest BCUT2D eigenvalue weighted by Crippen LogP contribution is -2.25. The normalized spacial score (nSPS) is 14.6. The summed E-state index contributed by atoms with van der Waals surface area (Å²) in [6.07, 6.45) is 6.62. The van der Waals surface area contributed by atoms with Crippen LogP contribution in [-0.4, -0.2) is 33.3 Å². The first kappa shape index (κ1) is 17.0. The summed E-state index contributed by atoms with van der Waals surface area (Å²) in [5.41, 5.74) is 1.23. The molecule has 0 N–H and O–H groups in total. The van der Waals surface area contributed by atoms with Gasteiger partial charge in [-0.1, -0.05) is 18.2 Å². The van der Waals surface area contributed by atoms with E-state index in [2.05, 4.69) is 15.0 Å². The number of hydrogen-bond donors (Lipinski definition) is 0. The summed E-state index contributed by atoms with van der Waals surface area (Å²) in [5.74, 6) is 0.832. The molecule has 2 bridgehead atoms. The maximum atomic E-state index is 12.5. The molecular weight excluding hydrogens is 366 g/mol. The van der Waals surface area contributed by atoms with Crippen molar-refractivity contribution in [1.29, 1.82) is 0 Å². The smallest absolute Gasteiger partial charge is 0.293 e. The van der Waals surface area contributed by atoms with Gasteiger partial charge in [0.05, 0.1) is 10.9 Å². The van der Waals surface area contributed by atoms with E-state index in [0.29, 0.717) is 17.3 Å². The van der Waals surface area contributed by atoms with E-state index in [4.69, 9.17) is 9.73 Å². The zero-order valence-electron chi connectivity index (χ0n) is 15.3. The Balaban J connectivity index is 1.83. The SMILES string of the molecule is O=C1N=CCOc2ccc3ncnc(c3c2)N=c2cccc/c2=C\n2cccc21. The van der Waals surface area contributed by atoms with E-state index in [9.17, 15) is 4.79 Å². The Morgan fingerprint density at radius 3 is 2.90 bits per heavy atom. The standard InChI is InChI=1S/C22H15N5O2/c28-22-20-6-3-10-27(20)13-15-4-1-2-5-18(15)26-21-17-12-16(29-11-9-23-22)7-8-19(17)24-14-25-21/h1-10,12-14H,11H2/b15-13+,23-9?,26-18?. The van der Waals surface area contributed by atoms with Gasteiger partial charge in [0.25, 0.3) is 5.91 Å². The molecular formula is C22H15N5O2. The lowest BCUT2D eigenvalue weighted by atomic mass is 10.2. The number of benzene rings is 2. The van der Waals surface area contributed by atoms with Crippen molar-refractivity contribution in [3.63, 3.8) is 0 Å². The van der Waals surface area contributed by atoms with E-state index in [1.54, 1.807) is 22.9 Å². The fourth-order valence-electron chi connectivity index (χ4n) is 3.17. The molecule has 0 atom stereocenters. The van der Waals surface area contributed by atoms with Crippen molar-refractivity contribution in [3.8, 4) is 5.75 Å². The summed E-state index contributed by atoms with van der Waals surface area (Å²) in [4.78, 5) is 30.0. The van der Waals surface area contributed by atoms with Gasteiger partial charge in [-0.2, -0.15) is 0 Å². The molecule has 7 nitrogen and oxygen atoms in total. The lowest BCUT2D eigenvalue weighted by Gasteiger charge is -2.05. The minimum Gasteiger partial charge on any atom is -0.488 e. The van der Waals surface area contributed by atoms with E-state index in [-0.39, 0.29) is 12.5 Å². The Hall–Kier alpha value is -4.13. The molecule has 2 aromatic heterocycles. The van der Waals surface area contributed by atoms with Gasteiger partial charge in [-0.15, -0.1) is 0 Å². The number of para-hydroxylation sites is 1. The van der Waals surface area contributed by atoms with Gasteiger partial charge >= 0.3 is 0 Å². The summed E-state index contributed by atoms with van der Waals surface area (Å²) in [7, 11) is 0. The van der Waals surface area contributed by atoms with E-state index in [0.717, 1.165) is 21.5 Å². The molecule has 7 heteroatoms. The summed E-state index contributed by atoms with van der Waals surface area (Å²) in [6, 6.07) is 16.7. The fourth-order valence-corrected chi connectivity index (χ4v) is 3.17. The first-order valence-electron chi connectivity index (χ1n) is 9.05. The molecule has 0 spiro atoms. The summed E-state index contributed by atoms with van der Waals surface area (Å²) < 4.78 is 7.46. The van der Waals surface area contributed by atoms with Gasteiger partial charge < -0.3 is 9.30 Å². The van der Waals surface area contributed by atoms with Crippen LogP contribution in [0.3, 0.4) is 0 Å². The number of carbonyl (C=O) groups excluding carboxylic acids is 1. The van der Waals surface area contributed by atoms with Crippen molar-refractivity contribution in [1.82, 2.24) is 14.5 Å². The third kappa shape index (κ3) is 3.29. The van der Waals surface area contributed by atoms with E-state index in [1.165, 1.54) is 12.5 Å². The highest BCUT2D eigenvalue weighted by molar-refractivity contribution is 5.98. The maximum absolute atomic E-state index is 12.5. The van der Waals surface area contributed by atoms with Gasteiger partial charge in [0, 0.05) is 29.2 Å². The third-order valence-corrected chi connectivity index (χ3v) is 4.56. The Labute approximate surface area is 165 Å². The quantitative estimate of drug-likeness (QED) is 0.468. The van der Waals surface area contributed by atoms with Crippen molar-refractivity contribution < 1.29 is 9.53 Å². The summed E-state index contributed by atoms with van der Waals surface area (Å²) in [6.45, 7) is 0.169. The molecule has 0 unspecified atom stereocenters. The molecule has 0 saturated carbocycles. The Morgan fingerprint density at radius 2 is 1.93 bits per heavy atom. The van der Waals surface area contributed by atoms with Crippen molar-refractivity contribution >= 4 is 35.0 Å². The Morgan fingerprint density at radius 1 is 1.00 bits per heavy atom. The maximum Gasteiger partial charge on any atom is 0.293 e. The van der Waals surface area contributed by atoms with Crippen molar-refractivity contribution in [3.05, 3.63) is 83.4 Å². The van der Waals surface area contributed by atoms with Crippen LogP contribution in [0.15, 0.2) is 77.1 Å². The second-order valence-corrected chi connectivity index (χ2v) is 6.40. The van der Waals surface area contributed by atoms with Crippen LogP contribution in [0, 0.1) is 0 Å². The van der Waals surface area contributed by atoms with E-state index < -0.39 is 0 Å². The Kier molecular flexibility index (Phi) is 4.18. The zero-order chi connectivity index (χ0) is 19.6. The highest BCUT2D eigenvalue weighted by atomic mass is 16.5. The molecule has 5 rings (SSSR count). The van der Waals surface area contributed by atoms with Crippen molar-refractivity contribution in [2.45, 2.75) is 0 Å². The number of hydrogen-bond acceptors (Lipinski definition) is 5. The molecule has 1 aliphatic heterocycles. The minimum atomic E-state index is -0.344. The second-order valence-electron chi connectivity index (χ2n) is 6.40. The number of nitrogens with zero attached hydrogens (tertiary/aromatic N) is 5. The Bertz CT molecular complexity index is 1390. The predicted molar refractivity (Wildman–Crippen MR) is 109 cm³/mol. The van der Waals surface area contributed by atoms with Crippen LogP contribution in [0.25, 0.3) is 17.1 Å². The van der Waals surface area contributed by atoms with Gasteiger partial charge in [-0.05, 0) is 36.4 Å². The molecule has 0 fully saturated rings. The topological polar surface area (TPSA) is 81.7 Å². The zero-order valence-corrected chi connectivity index (χ0v) is 15.3. The molecule has 0 radical (unpaired) electrons. The average molecular weight is 381 g/mol. The van der Waals surface area contributed by atoms with Crippen LogP contribution in [-0.2, 0) is 0 Å². The summed E-state index contributed by atoms with van der Waals surface area (Å²) in [5, 5.41) is 2.35. The fraction of sp³-hybridized carbons (Fsp3) is 0.0455. The van der Waals surface area contributed by atoms with Gasteiger partial charge in [0.2, 0.25) is 0 Å². The lowest BCUT2D eigenvalue weighted by molar-refractivity contribution is 0.0997. The van der Waals surface area contributed by atoms with Crippen molar-refractivity contribution in [2.24, 2.45) is 9.98 Å². The highest BCUT2D eigenvalue weighted by Crippen LogP contribution is 2.25. The number of aliphatic imine (C=N–C) groups is 1. The largest absolute Gasteiger partial charge is 0.488 e. The number of amides is 1. The van der Waals surface area contributed by atoms with Gasteiger partial charge in [0.15, 0.2) is 5.82 Å². The van der Waals surface area contributed by atoms with Crippen LogP contribution in [0.4, 0.5) is 5.82 Å². The highest BCUT2D eigenvalue weighted by Gasteiger charge is 2.09. The van der Waals surface area contributed by atoms with Crippen LogP contribution >= 0.6 is 0 Å². The summed E-state index contributed by atoms with van der Waals surface area (Å²) >= 11 is 0. The van der Waals surface area contributed by atoms with Crippen LogP contribution in [0.5, 0.6) is 5.75 Å². The number of aromatic nitrogens is 3. The van der Waals surface area contributed by atoms with E-state index >= 15 is 0 Å². The molecule has 3 heterocycles. The number of fused-ring (bicyclic) bond motifs is 3. The molecule has 4 aromatic rings. The molecule has 0 aliphatic carbocycles. The van der Waals surface area contributed by atoms with Crippen molar-refractivity contribution in [2.75, 3.05) is 6.61 Å². The monoisotopic (exact) mass is 381 g/mol. The number of ether oxygens (including phenoxy) is 1. The van der Waals surface area contributed by atoms with Gasteiger partial charge in [-0.3, -0.25) is 4.79 Å².